The number of carbonyl (C=O) groups is 3. The number of anilines is 4. The number of para-hydroxylation sites is 2. The predicted octanol–water partition coefficient (Wildman–Crippen LogP) is 25.6. The molecule has 17 heteroatoms. The number of aromatic nitrogens is 2. The fourth-order valence-electron chi connectivity index (χ4n) is 16.7. The van der Waals surface area contributed by atoms with Crippen LogP contribution >= 0.6 is 0 Å². The molecule has 2 aromatic heterocycles. The highest BCUT2D eigenvalue weighted by Crippen LogP contribution is 2.44. The molecule has 3 aliphatic carbocycles. The van der Waals surface area contributed by atoms with Crippen molar-refractivity contribution >= 4 is 62.4 Å². The van der Waals surface area contributed by atoms with Crippen LogP contribution < -0.4 is 25.6 Å². The summed E-state index contributed by atoms with van der Waals surface area (Å²) in [5.74, 6) is 3.59. The summed E-state index contributed by atoms with van der Waals surface area (Å²) in [6.07, 6.45) is 14.2. The molecule has 580 valence electrons. The highest BCUT2D eigenvalue weighted by Gasteiger charge is 2.36. The van der Waals surface area contributed by atoms with Crippen molar-refractivity contribution in [1.29, 1.82) is 0 Å². The number of alkyl halides is 3. The molecule has 0 saturated heterocycles. The minimum absolute atomic E-state index is 0.124. The molecule has 0 atom stereocenters. The number of hydrogen-bond acceptors (Lipinski definition) is 9. The number of aliphatic hydroxyl groups is 3. The molecule has 6 N–H and O–H groups in total. The number of pyridine rings is 2. The van der Waals surface area contributed by atoms with Crippen molar-refractivity contribution in [1.82, 2.24) is 9.97 Å². The standard InChI is InChI=1S/C34H36N2O2.C31H30F4N2O3.C31H30N2O2/c1-22(2)29-6-4-5-7-32(29)36-34(38)31-18-19-35-33-21-28(16-17-30(31)33)27-14-12-26(13-15-27)25-10-8-24(9-11-25)20-23(3)37;1-19(38)16-20-2-4-21(5-3-20)22-6-8-23(9-7-22)24-10-13-28-29(17-24)40-15-14-37(28)30(39)36-27-12-11-25(32)18-26(27)31(33,34)35;1-21(34)19-22-7-9-23(10-8-22)24-11-13-25(14-12-24)26-15-16-28-29(17-18-32-30(28)20-26)31(35)33-27-5-3-2-4-6-27/h4-7,12-19,21-22,24-25,37H,3,8-11,20H2,1-2H3,(H,36,38);6-13,17-18,20-21,38H,1-5,14-16H2,(H,36,39);2-6,11-18,20,22-23,34H,1,7-10,19H2,(H,33,35). The Morgan fingerprint density at radius 3 is 1.35 bits per heavy atom. The van der Waals surface area contributed by atoms with Crippen molar-refractivity contribution in [3.05, 3.63) is 306 Å². The van der Waals surface area contributed by atoms with Crippen molar-refractivity contribution in [2.24, 2.45) is 17.8 Å². The second kappa shape index (κ2) is 36.1. The van der Waals surface area contributed by atoms with E-state index in [0.717, 1.165) is 174 Å². The van der Waals surface area contributed by atoms with Gasteiger partial charge in [-0.15, -0.1) is 0 Å². The third-order valence-electron chi connectivity index (χ3n) is 22.7. The average molecular weight is 1520 g/mol. The quantitative estimate of drug-likeness (QED) is 0.0359. The Kier molecular flexibility index (Phi) is 25.3. The molecule has 11 aromatic rings. The van der Waals surface area contributed by atoms with E-state index in [-0.39, 0.29) is 30.7 Å². The van der Waals surface area contributed by atoms with Crippen LogP contribution in [0.3, 0.4) is 0 Å². The number of allylic oxidation sites excluding steroid dienone is 3. The van der Waals surface area contributed by atoms with Gasteiger partial charge in [-0.3, -0.25) is 24.5 Å². The van der Waals surface area contributed by atoms with Gasteiger partial charge in [0.25, 0.3) is 11.8 Å². The molecular weight excluding hydrogens is 1430 g/mol. The first kappa shape index (κ1) is 79.2. The van der Waals surface area contributed by atoms with E-state index in [0.29, 0.717) is 88.0 Å². The molecule has 15 rings (SSSR count). The van der Waals surface area contributed by atoms with Crippen molar-refractivity contribution in [3.8, 4) is 39.1 Å². The van der Waals surface area contributed by atoms with Crippen molar-refractivity contribution in [2.45, 2.75) is 140 Å². The highest BCUT2D eigenvalue weighted by molar-refractivity contribution is 6.14. The maximum absolute atomic E-state index is 13.5. The molecule has 4 amide bonds. The van der Waals surface area contributed by atoms with E-state index in [2.05, 4.69) is 163 Å². The Hall–Kier alpha value is -11.9. The number of hydrogen-bond donors (Lipinski definition) is 6. The first-order valence-corrected chi connectivity index (χ1v) is 39.2. The van der Waals surface area contributed by atoms with E-state index in [4.69, 9.17) is 4.74 Å². The Morgan fingerprint density at radius 2 is 0.903 bits per heavy atom. The number of amides is 4. The van der Waals surface area contributed by atoms with Crippen LogP contribution in [0.15, 0.2) is 262 Å². The van der Waals surface area contributed by atoms with Gasteiger partial charge in [-0.05, 0) is 247 Å². The first-order valence-electron chi connectivity index (χ1n) is 39.2. The summed E-state index contributed by atoms with van der Waals surface area (Å²) >= 11 is 0. The lowest BCUT2D eigenvalue weighted by atomic mass is 9.77. The van der Waals surface area contributed by atoms with Gasteiger partial charge >= 0.3 is 12.2 Å². The summed E-state index contributed by atoms with van der Waals surface area (Å²) in [4.78, 5) is 49.6. The third kappa shape index (κ3) is 20.1. The minimum atomic E-state index is -4.83. The number of nitrogens with one attached hydrogen (secondary N) is 3. The van der Waals surface area contributed by atoms with Gasteiger partial charge in [0, 0.05) is 53.8 Å². The van der Waals surface area contributed by atoms with Crippen LogP contribution in [-0.2, 0) is 6.18 Å². The van der Waals surface area contributed by atoms with Gasteiger partial charge in [-0.1, -0.05) is 173 Å². The number of carbonyl (C=O) groups excluding carboxylic acids is 3. The van der Waals surface area contributed by atoms with E-state index >= 15 is 0 Å². The van der Waals surface area contributed by atoms with Gasteiger partial charge in [-0.25, -0.2) is 9.18 Å². The molecular formula is C96H96F4N6O7. The van der Waals surface area contributed by atoms with Crippen LogP contribution in [0.2, 0.25) is 0 Å². The second-order valence-electron chi connectivity index (χ2n) is 30.8. The molecule has 0 spiro atoms. The summed E-state index contributed by atoms with van der Waals surface area (Å²) in [7, 11) is 0. The lowest BCUT2D eigenvalue weighted by Crippen LogP contribution is -2.41. The molecule has 0 radical (unpaired) electrons. The van der Waals surface area contributed by atoms with Crippen molar-refractivity contribution in [2.75, 3.05) is 34.0 Å². The third-order valence-corrected chi connectivity index (χ3v) is 22.7. The lowest BCUT2D eigenvalue weighted by molar-refractivity contribution is -0.137. The van der Waals surface area contributed by atoms with Gasteiger partial charge in [0.15, 0.2) is 0 Å². The predicted molar refractivity (Wildman–Crippen MR) is 446 cm³/mol. The van der Waals surface area contributed by atoms with E-state index in [1.807, 2.05) is 72.8 Å². The number of halogens is 4. The average Bonchev–Trinajstić information content (AvgIpc) is 0.796. The SMILES string of the molecule is C=C(O)CC1CCC(c2ccc(-c3ccc4c(C(=O)Nc5ccccc5)ccnc4c3)cc2)CC1.C=C(O)CC1CCC(c2ccc(-c3ccc4c(C(=O)Nc5ccccc5C(C)C)ccnc4c3)cc2)CC1.C=C(O)CC1CCC(c2ccc(-c3ccc4c(c3)OCCN4C(=O)Nc3ccc(F)cc3C(F)(F)F)cc2)CC1. The summed E-state index contributed by atoms with van der Waals surface area (Å²) in [6, 6.07) is 66.1. The molecule has 3 saturated carbocycles. The van der Waals surface area contributed by atoms with Crippen LogP contribution in [0.1, 0.15) is 182 Å². The fraction of sp³-hybridized carbons (Fsp3) is 0.281. The lowest BCUT2D eigenvalue weighted by Gasteiger charge is -2.30. The summed E-state index contributed by atoms with van der Waals surface area (Å²) in [5.41, 5.74) is 14.6. The first-order chi connectivity index (χ1) is 54.5. The Bertz CT molecular complexity index is 5220. The van der Waals surface area contributed by atoms with Gasteiger partial charge in [-0.2, -0.15) is 13.2 Å². The van der Waals surface area contributed by atoms with Gasteiger partial charge in [0.2, 0.25) is 0 Å². The smallest absolute Gasteiger partial charge is 0.418 e. The highest BCUT2D eigenvalue weighted by atomic mass is 19.4. The van der Waals surface area contributed by atoms with Gasteiger partial charge in [0.05, 0.1) is 62.9 Å². The van der Waals surface area contributed by atoms with Crippen LogP contribution in [0, 0.1) is 23.6 Å². The topological polar surface area (TPSA) is 186 Å². The zero-order valence-corrected chi connectivity index (χ0v) is 63.9. The zero-order valence-electron chi connectivity index (χ0n) is 63.9. The minimum Gasteiger partial charge on any atom is -0.513 e. The van der Waals surface area contributed by atoms with E-state index in [1.54, 1.807) is 30.6 Å². The maximum atomic E-state index is 13.5. The summed E-state index contributed by atoms with van der Waals surface area (Å²) in [6.45, 7) is 15.5. The number of fused-ring (bicyclic) bond motifs is 3. The maximum Gasteiger partial charge on any atom is 0.418 e. The largest absolute Gasteiger partial charge is 0.513 e. The Labute approximate surface area is 658 Å². The number of urea groups is 1. The van der Waals surface area contributed by atoms with Crippen LogP contribution in [-0.4, -0.2) is 56.3 Å². The fourth-order valence-corrected chi connectivity index (χ4v) is 16.7. The molecule has 0 bridgehead atoms. The normalized spacial score (nSPS) is 18.1. The summed E-state index contributed by atoms with van der Waals surface area (Å²) < 4.78 is 59.4. The monoisotopic (exact) mass is 1520 g/mol. The second-order valence-corrected chi connectivity index (χ2v) is 30.8. The van der Waals surface area contributed by atoms with E-state index in [9.17, 15) is 47.3 Å². The molecule has 9 aromatic carbocycles. The molecule has 3 heterocycles. The van der Waals surface area contributed by atoms with Crippen LogP contribution in [0.4, 0.5) is 45.1 Å². The number of rotatable bonds is 18. The number of benzene rings is 9. The van der Waals surface area contributed by atoms with Crippen molar-refractivity contribution in [3.63, 3.8) is 0 Å². The number of nitrogens with zero attached hydrogens (tertiary/aromatic N) is 3. The van der Waals surface area contributed by atoms with Gasteiger partial charge < -0.3 is 36.0 Å². The molecule has 1 aliphatic heterocycles. The van der Waals surface area contributed by atoms with Gasteiger partial charge in [0.1, 0.15) is 18.2 Å². The zero-order chi connectivity index (χ0) is 79.3. The van der Waals surface area contributed by atoms with Crippen LogP contribution in [0.5, 0.6) is 5.75 Å². The number of aliphatic hydroxyl groups excluding tert-OH is 3. The van der Waals surface area contributed by atoms with E-state index < -0.39 is 29.3 Å². The van der Waals surface area contributed by atoms with E-state index in [1.165, 1.54) is 21.6 Å². The summed E-state index contributed by atoms with van der Waals surface area (Å²) in [5, 5.41) is 38.5. The molecule has 3 fully saturated rings. The molecule has 4 aliphatic rings. The number of ether oxygens (including phenoxy) is 1. The molecule has 113 heavy (non-hydrogen) atoms. The van der Waals surface area contributed by atoms with Crippen molar-refractivity contribution < 1.29 is 52.0 Å². The molecule has 13 nitrogen and oxygen atoms in total. The molecule has 0 unspecified atom stereocenters. The Balaban J connectivity index is 0.000000148. The Morgan fingerprint density at radius 1 is 0.478 bits per heavy atom. The van der Waals surface area contributed by atoms with Crippen LogP contribution in [0.25, 0.3) is 55.2 Å².